The molecule has 0 spiro atoms. The van der Waals surface area contributed by atoms with Gasteiger partial charge in [0.2, 0.25) is 0 Å². The molecule has 0 aliphatic carbocycles. The lowest BCUT2D eigenvalue weighted by Gasteiger charge is -2.33. The van der Waals surface area contributed by atoms with Gasteiger partial charge in [0.05, 0.1) is 5.69 Å². The Balaban J connectivity index is 1.42. The molecular weight excluding hydrogens is 432 g/mol. The highest BCUT2D eigenvalue weighted by Crippen LogP contribution is 2.25. The zero-order valence-electron chi connectivity index (χ0n) is 14.4. The van der Waals surface area contributed by atoms with Crippen LogP contribution in [0.4, 0.5) is 5.82 Å². The van der Waals surface area contributed by atoms with Crippen molar-refractivity contribution in [2.75, 3.05) is 18.0 Å². The number of aromatic nitrogens is 2. The van der Waals surface area contributed by atoms with Crippen LogP contribution in [0.2, 0.25) is 5.02 Å². The number of rotatable bonds is 4. The molecule has 1 aliphatic heterocycles. The second-order valence-corrected chi connectivity index (χ2v) is 7.73. The minimum absolute atomic E-state index is 0.0470. The molecule has 6 nitrogen and oxygen atoms in total. The number of aromatic amines is 1. The molecule has 4 rings (SSSR count). The Morgan fingerprint density at radius 2 is 2.11 bits per heavy atom. The van der Waals surface area contributed by atoms with Crippen LogP contribution >= 0.6 is 27.5 Å². The van der Waals surface area contributed by atoms with Crippen LogP contribution in [-0.4, -0.2) is 35.2 Å². The molecule has 0 bridgehead atoms. The van der Waals surface area contributed by atoms with Crippen LogP contribution in [0.25, 0.3) is 11.3 Å². The summed E-state index contributed by atoms with van der Waals surface area (Å²) in [4.78, 5) is 14.5. The maximum Gasteiger partial charge on any atom is 0.287 e. The summed E-state index contributed by atoms with van der Waals surface area (Å²) in [7, 11) is 0. The number of carbonyl (C=O) groups excluding carboxylic acids is 1. The van der Waals surface area contributed by atoms with Crippen molar-refractivity contribution in [3.63, 3.8) is 0 Å². The van der Waals surface area contributed by atoms with Gasteiger partial charge in [-0.2, -0.15) is 5.10 Å². The van der Waals surface area contributed by atoms with E-state index in [1.807, 2.05) is 30.3 Å². The maximum atomic E-state index is 12.3. The molecule has 1 aliphatic rings. The van der Waals surface area contributed by atoms with Crippen LogP contribution in [0.5, 0.6) is 0 Å². The topological polar surface area (TPSA) is 74.2 Å². The van der Waals surface area contributed by atoms with Gasteiger partial charge in [-0.05, 0) is 58.6 Å². The first kappa shape index (κ1) is 18.1. The summed E-state index contributed by atoms with van der Waals surface area (Å²) in [5, 5.41) is 11.3. The highest BCUT2D eigenvalue weighted by molar-refractivity contribution is 9.10. The number of hydrogen-bond acceptors (Lipinski definition) is 4. The van der Waals surface area contributed by atoms with E-state index in [0.717, 1.165) is 36.5 Å². The second-order valence-electron chi connectivity index (χ2n) is 6.51. The summed E-state index contributed by atoms with van der Waals surface area (Å²) in [6.07, 6.45) is 1.91. The van der Waals surface area contributed by atoms with Gasteiger partial charge in [0.25, 0.3) is 5.91 Å². The zero-order valence-corrected chi connectivity index (χ0v) is 16.8. The van der Waals surface area contributed by atoms with E-state index in [4.69, 9.17) is 16.0 Å². The number of anilines is 1. The summed E-state index contributed by atoms with van der Waals surface area (Å²) in [5.74, 6) is 0.986. The Bertz CT molecular complexity index is 937. The number of H-pyrrole nitrogens is 1. The lowest BCUT2D eigenvalue weighted by molar-refractivity contribution is 0.0903. The Morgan fingerprint density at radius 3 is 2.85 bits per heavy atom. The van der Waals surface area contributed by atoms with Crippen molar-refractivity contribution in [3.8, 4) is 11.3 Å². The summed E-state index contributed by atoms with van der Waals surface area (Å²) < 4.78 is 5.87. The lowest BCUT2D eigenvalue weighted by Crippen LogP contribution is -2.47. The number of carbonyl (C=O) groups is 1. The molecule has 0 saturated carbocycles. The highest BCUT2D eigenvalue weighted by Gasteiger charge is 2.24. The third-order valence-corrected chi connectivity index (χ3v) is 5.28. The molecule has 0 radical (unpaired) electrons. The number of halogens is 2. The summed E-state index contributed by atoms with van der Waals surface area (Å²) >= 11 is 9.17. The van der Waals surface area contributed by atoms with Crippen molar-refractivity contribution >= 4 is 39.3 Å². The minimum Gasteiger partial charge on any atom is -0.444 e. The van der Waals surface area contributed by atoms with E-state index >= 15 is 0 Å². The van der Waals surface area contributed by atoms with E-state index in [0.29, 0.717) is 22.0 Å². The summed E-state index contributed by atoms with van der Waals surface area (Å²) in [6, 6.07) is 13.1. The van der Waals surface area contributed by atoms with E-state index in [1.54, 1.807) is 12.1 Å². The van der Waals surface area contributed by atoms with Gasteiger partial charge >= 0.3 is 0 Å². The molecule has 140 valence electrons. The molecule has 27 heavy (non-hydrogen) atoms. The number of benzene rings is 1. The number of furan rings is 1. The first-order valence-corrected chi connectivity index (χ1v) is 9.88. The quantitative estimate of drug-likeness (QED) is 0.616. The first-order chi connectivity index (χ1) is 13.1. The van der Waals surface area contributed by atoms with Gasteiger partial charge < -0.3 is 14.6 Å². The lowest BCUT2D eigenvalue weighted by atomic mass is 10.1. The molecule has 3 aromatic rings. The number of nitrogens with one attached hydrogen (secondary N) is 2. The monoisotopic (exact) mass is 448 g/mol. The number of piperidine rings is 1. The van der Waals surface area contributed by atoms with Gasteiger partial charge in [-0.15, -0.1) is 0 Å². The van der Waals surface area contributed by atoms with Crippen LogP contribution in [0.3, 0.4) is 0 Å². The highest BCUT2D eigenvalue weighted by atomic mass is 79.9. The Kier molecular flexibility index (Phi) is 5.22. The van der Waals surface area contributed by atoms with Crippen LogP contribution in [-0.2, 0) is 0 Å². The fraction of sp³-hybridized carbons (Fsp3) is 0.263. The van der Waals surface area contributed by atoms with E-state index in [2.05, 4.69) is 36.3 Å². The minimum atomic E-state index is -0.198. The van der Waals surface area contributed by atoms with Crippen LogP contribution in [0, 0.1) is 0 Å². The van der Waals surface area contributed by atoms with Gasteiger partial charge in [0.1, 0.15) is 0 Å². The smallest absolute Gasteiger partial charge is 0.287 e. The average Bonchev–Trinajstić information content (AvgIpc) is 3.32. The van der Waals surface area contributed by atoms with Crippen LogP contribution < -0.4 is 10.2 Å². The van der Waals surface area contributed by atoms with Gasteiger partial charge in [-0.25, -0.2) is 0 Å². The van der Waals surface area contributed by atoms with E-state index in [1.165, 1.54) is 0 Å². The molecule has 2 N–H and O–H groups in total. The SMILES string of the molecule is O=C(N[C@@H]1CCCN(c2cc(-c3ccc(Cl)cc3)[nH]n2)C1)c1ccc(Br)o1. The maximum absolute atomic E-state index is 12.3. The fourth-order valence-corrected chi connectivity index (χ4v) is 3.68. The number of amides is 1. The molecule has 8 heteroatoms. The van der Waals surface area contributed by atoms with Crippen molar-refractivity contribution in [1.82, 2.24) is 15.5 Å². The molecule has 1 fully saturated rings. The van der Waals surface area contributed by atoms with Gasteiger partial charge in [-0.1, -0.05) is 23.7 Å². The Morgan fingerprint density at radius 1 is 1.30 bits per heavy atom. The zero-order chi connectivity index (χ0) is 18.8. The predicted octanol–water partition coefficient (Wildman–Crippen LogP) is 4.48. The van der Waals surface area contributed by atoms with Crippen molar-refractivity contribution in [3.05, 3.63) is 57.9 Å². The van der Waals surface area contributed by atoms with Gasteiger partial charge in [0.15, 0.2) is 16.2 Å². The molecule has 3 heterocycles. The van der Waals surface area contributed by atoms with Crippen molar-refractivity contribution in [1.29, 1.82) is 0 Å². The molecule has 1 atom stereocenters. The Labute approximate surface area is 170 Å². The first-order valence-electron chi connectivity index (χ1n) is 8.71. The van der Waals surface area contributed by atoms with E-state index in [-0.39, 0.29) is 11.9 Å². The van der Waals surface area contributed by atoms with Crippen molar-refractivity contribution in [2.24, 2.45) is 0 Å². The van der Waals surface area contributed by atoms with Gasteiger partial charge in [0, 0.05) is 30.2 Å². The summed E-state index contributed by atoms with van der Waals surface area (Å²) in [5.41, 5.74) is 1.97. The second kappa shape index (κ2) is 7.78. The van der Waals surface area contributed by atoms with Crippen molar-refractivity contribution in [2.45, 2.75) is 18.9 Å². The van der Waals surface area contributed by atoms with Crippen LogP contribution in [0.1, 0.15) is 23.4 Å². The third-order valence-electron chi connectivity index (χ3n) is 4.60. The molecule has 1 aromatic carbocycles. The third kappa shape index (κ3) is 4.20. The molecular formula is C19H18BrClN4O2. The standard InChI is InChI=1S/C19H18BrClN4O2/c20-17-8-7-16(27-17)19(26)22-14-2-1-9-25(11-14)18-10-15(23-24-18)12-3-5-13(21)6-4-12/h3-8,10,14H,1-2,9,11H2,(H,22,26)(H,23,24)/t14-/m1/s1. The van der Waals surface area contributed by atoms with Crippen LogP contribution in [0.15, 0.2) is 51.6 Å². The predicted molar refractivity (Wildman–Crippen MR) is 108 cm³/mol. The summed E-state index contributed by atoms with van der Waals surface area (Å²) in [6.45, 7) is 1.61. The molecule has 1 saturated heterocycles. The van der Waals surface area contributed by atoms with E-state index < -0.39 is 0 Å². The fourth-order valence-electron chi connectivity index (χ4n) is 3.25. The molecule has 0 unspecified atom stereocenters. The average molecular weight is 450 g/mol. The number of hydrogen-bond donors (Lipinski definition) is 2. The normalized spacial score (nSPS) is 17.1. The molecule has 2 aromatic heterocycles. The largest absolute Gasteiger partial charge is 0.444 e. The van der Waals surface area contributed by atoms with Crippen molar-refractivity contribution < 1.29 is 9.21 Å². The van der Waals surface area contributed by atoms with E-state index in [9.17, 15) is 4.79 Å². The number of nitrogens with zero attached hydrogens (tertiary/aromatic N) is 2. The Hall–Kier alpha value is -2.25. The van der Waals surface area contributed by atoms with Gasteiger partial charge in [-0.3, -0.25) is 9.89 Å². The molecule has 1 amide bonds.